The number of nitrogens with zero attached hydrogens (tertiary/aromatic N) is 3. The molecule has 3 amide bonds. The van der Waals surface area contributed by atoms with Crippen LogP contribution in [0.5, 0.6) is 0 Å². The number of aliphatic hydroxyl groups is 1. The Morgan fingerprint density at radius 2 is 1.79 bits per heavy atom. The van der Waals surface area contributed by atoms with E-state index in [-0.39, 0.29) is 18.5 Å². The number of carbonyl (C=O) groups excluding carboxylic acids is 2. The van der Waals surface area contributed by atoms with Gasteiger partial charge in [-0.05, 0) is 31.9 Å². The van der Waals surface area contributed by atoms with Gasteiger partial charge in [-0.15, -0.1) is 0 Å². The topological polar surface area (TPSA) is 73.2 Å². The van der Waals surface area contributed by atoms with E-state index in [2.05, 4.69) is 4.99 Å². The Hall–Kier alpha value is -2.47. The van der Waals surface area contributed by atoms with Crippen LogP contribution in [-0.4, -0.2) is 45.6 Å². The summed E-state index contributed by atoms with van der Waals surface area (Å²) in [6.45, 7) is 5.54. The Morgan fingerprint density at radius 3 is 2.29 bits per heavy atom. The van der Waals surface area contributed by atoms with E-state index in [4.69, 9.17) is 5.11 Å². The van der Waals surface area contributed by atoms with E-state index in [9.17, 15) is 9.59 Å². The Kier molecular flexibility index (Phi) is 5.19. The summed E-state index contributed by atoms with van der Waals surface area (Å²) in [5, 5.41) is 9.11. The molecule has 6 heteroatoms. The highest BCUT2D eigenvalue weighted by Crippen LogP contribution is 2.31. The van der Waals surface area contributed by atoms with Crippen molar-refractivity contribution >= 4 is 18.2 Å². The van der Waals surface area contributed by atoms with Crippen LogP contribution in [-0.2, 0) is 17.9 Å². The van der Waals surface area contributed by atoms with Gasteiger partial charge in [0.15, 0.2) is 0 Å². The van der Waals surface area contributed by atoms with Crippen molar-refractivity contribution in [3.63, 3.8) is 0 Å². The van der Waals surface area contributed by atoms with Crippen LogP contribution in [0.4, 0.5) is 4.79 Å². The summed E-state index contributed by atoms with van der Waals surface area (Å²) in [6.07, 6.45) is 3.20. The normalized spacial score (nSPS) is 18.1. The molecule has 1 heterocycles. The van der Waals surface area contributed by atoms with Gasteiger partial charge >= 0.3 is 6.03 Å². The molecular weight excluding hydrogens is 306 g/mol. The first-order valence-electron chi connectivity index (χ1n) is 7.80. The van der Waals surface area contributed by atoms with Crippen LogP contribution >= 0.6 is 0 Å². The third kappa shape index (κ3) is 3.10. The largest absolute Gasteiger partial charge is 0.392 e. The van der Waals surface area contributed by atoms with Crippen LogP contribution in [0.3, 0.4) is 0 Å². The summed E-state index contributed by atoms with van der Waals surface area (Å²) < 4.78 is 0. The minimum atomic E-state index is -0.942. The monoisotopic (exact) mass is 329 g/mol. The average molecular weight is 329 g/mol. The molecule has 0 atom stereocenters. The highest BCUT2D eigenvalue weighted by molar-refractivity contribution is 6.11. The molecule has 1 aliphatic rings. The molecule has 2 rings (SSSR count). The molecule has 24 heavy (non-hydrogen) atoms. The molecule has 0 saturated carbocycles. The van der Waals surface area contributed by atoms with Gasteiger partial charge in [-0.1, -0.05) is 30.3 Å². The summed E-state index contributed by atoms with van der Waals surface area (Å²) in [7, 11) is 1.60. The molecule has 128 valence electrons. The van der Waals surface area contributed by atoms with Gasteiger partial charge in [0, 0.05) is 19.8 Å². The number of rotatable bonds is 5. The van der Waals surface area contributed by atoms with Gasteiger partial charge in [0.1, 0.15) is 5.54 Å². The van der Waals surface area contributed by atoms with Crippen molar-refractivity contribution < 1.29 is 14.7 Å². The summed E-state index contributed by atoms with van der Waals surface area (Å²) in [4.78, 5) is 32.2. The molecule has 0 aromatic heterocycles. The molecule has 1 aromatic carbocycles. The van der Waals surface area contributed by atoms with Gasteiger partial charge in [-0.2, -0.15) is 0 Å². The minimum Gasteiger partial charge on any atom is -0.392 e. The quantitative estimate of drug-likeness (QED) is 0.665. The highest BCUT2D eigenvalue weighted by Gasteiger charge is 2.51. The third-order valence-corrected chi connectivity index (χ3v) is 4.19. The first-order valence-corrected chi connectivity index (χ1v) is 7.80. The molecule has 0 aliphatic carbocycles. The van der Waals surface area contributed by atoms with Crippen molar-refractivity contribution in [1.82, 2.24) is 9.80 Å². The zero-order chi connectivity index (χ0) is 17.9. The molecule has 0 spiro atoms. The zero-order valence-electron chi connectivity index (χ0n) is 14.5. The van der Waals surface area contributed by atoms with Gasteiger partial charge in [0.25, 0.3) is 5.91 Å². The maximum absolute atomic E-state index is 12.8. The molecule has 1 aliphatic heterocycles. The second-order valence-electron chi connectivity index (χ2n) is 6.14. The lowest BCUT2D eigenvalue weighted by Crippen LogP contribution is -2.43. The Bertz CT molecular complexity index is 690. The van der Waals surface area contributed by atoms with E-state index >= 15 is 0 Å². The highest BCUT2D eigenvalue weighted by atomic mass is 16.3. The van der Waals surface area contributed by atoms with Crippen molar-refractivity contribution in [3.05, 3.63) is 47.2 Å². The number of aliphatic hydroxyl groups excluding tert-OH is 1. The molecule has 0 radical (unpaired) electrons. The van der Waals surface area contributed by atoms with Crippen LogP contribution in [0.2, 0.25) is 0 Å². The minimum absolute atomic E-state index is 0.0261. The number of hydrogen-bond donors (Lipinski definition) is 1. The van der Waals surface area contributed by atoms with E-state index in [1.54, 1.807) is 38.8 Å². The average Bonchev–Trinajstić information content (AvgIpc) is 2.74. The molecular formula is C18H23N3O3. The maximum atomic E-state index is 12.8. The smallest absolute Gasteiger partial charge is 0.332 e. The van der Waals surface area contributed by atoms with E-state index < -0.39 is 5.54 Å². The molecule has 0 bridgehead atoms. The van der Waals surface area contributed by atoms with Crippen LogP contribution in [0.25, 0.3) is 0 Å². The lowest BCUT2D eigenvalue weighted by molar-refractivity contribution is -0.130. The van der Waals surface area contributed by atoms with Crippen LogP contribution in [0.1, 0.15) is 31.9 Å². The molecule has 6 nitrogen and oxygen atoms in total. The number of benzene rings is 1. The van der Waals surface area contributed by atoms with E-state index in [0.29, 0.717) is 12.2 Å². The Morgan fingerprint density at radius 1 is 1.21 bits per heavy atom. The summed E-state index contributed by atoms with van der Waals surface area (Å²) >= 11 is 0. The number of imide groups is 1. The van der Waals surface area contributed by atoms with Gasteiger partial charge in [-0.25, -0.2) is 9.69 Å². The predicted octanol–water partition coefficient (Wildman–Crippen LogP) is 2.33. The fourth-order valence-electron chi connectivity index (χ4n) is 2.66. The standard InChI is InChI=1S/C18H23N3O3/c1-5-15(10-19-4)21-16(23)18(2,3)20(17(21)24)11-13-6-8-14(12-22)9-7-13/h5-10,22H,11-12H2,1-4H3/b15-5+,19-10?. The van der Waals surface area contributed by atoms with Gasteiger partial charge in [-0.3, -0.25) is 9.79 Å². The second kappa shape index (κ2) is 6.97. The summed E-state index contributed by atoms with van der Waals surface area (Å²) in [6, 6.07) is 6.97. The molecule has 1 aromatic rings. The Balaban J connectivity index is 2.32. The maximum Gasteiger partial charge on any atom is 0.332 e. The van der Waals surface area contributed by atoms with Crippen molar-refractivity contribution in [1.29, 1.82) is 0 Å². The van der Waals surface area contributed by atoms with Crippen molar-refractivity contribution in [2.24, 2.45) is 4.99 Å². The number of carbonyl (C=O) groups is 2. The summed E-state index contributed by atoms with van der Waals surface area (Å²) in [5.41, 5.74) is 1.23. The second-order valence-corrected chi connectivity index (χ2v) is 6.14. The first kappa shape index (κ1) is 17.9. The lowest BCUT2D eigenvalue weighted by atomic mass is 10.0. The number of aliphatic imine (C=N–C) groups is 1. The van der Waals surface area contributed by atoms with Crippen LogP contribution in [0.15, 0.2) is 41.0 Å². The molecule has 1 saturated heterocycles. The fraction of sp³-hybridized carbons (Fsp3) is 0.389. The lowest BCUT2D eigenvalue weighted by Gasteiger charge is -2.27. The molecule has 1 N–H and O–H groups in total. The van der Waals surface area contributed by atoms with Crippen LogP contribution in [0, 0.1) is 0 Å². The van der Waals surface area contributed by atoms with Gasteiger partial charge in [0.2, 0.25) is 0 Å². The van der Waals surface area contributed by atoms with Gasteiger partial charge < -0.3 is 10.0 Å². The number of amides is 3. The fourth-order valence-corrected chi connectivity index (χ4v) is 2.66. The molecule has 1 fully saturated rings. The SMILES string of the molecule is C/C=C(\C=NC)N1C(=O)N(Cc2ccc(CO)cc2)C(C)(C)C1=O. The van der Waals surface area contributed by atoms with Crippen molar-refractivity contribution in [3.8, 4) is 0 Å². The zero-order valence-corrected chi connectivity index (χ0v) is 14.5. The number of allylic oxidation sites excluding steroid dienone is 2. The number of urea groups is 1. The molecule has 0 unspecified atom stereocenters. The first-order chi connectivity index (χ1) is 11.4. The van der Waals surface area contributed by atoms with Crippen molar-refractivity contribution in [2.75, 3.05) is 7.05 Å². The van der Waals surface area contributed by atoms with E-state index in [1.807, 2.05) is 24.3 Å². The van der Waals surface area contributed by atoms with Crippen LogP contribution < -0.4 is 0 Å². The summed E-state index contributed by atoms with van der Waals surface area (Å²) in [5.74, 6) is -0.271. The Labute approximate surface area is 142 Å². The predicted molar refractivity (Wildman–Crippen MR) is 92.4 cm³/mol. The van der Waals surface area contributed by atoms with Gasteiger partial charge in [0.05, 0.1) is 12.3 Å². The van der Waals surface area contributed by atoms with E-state index in [0.717, 1.165) is 11.1 Å². The van der Waals surface area contributed by atoms with E-state index in [1.165, 1.54) is 11.1 Å². The third-order valence-electron chi connectivity index (χ3n) is 4.19. The number of hydrogen-bond acceptors (Lipinski definition) is 4. The van der Waals surface area contributed by atoms with Crippen molar-refractivity contribution in [2.45, 2.75) is 39.5 Å².